The van der Waals surface area contributed by atoms with Gasteiger partial charge in [0, 0.05) is 18.8 Å². The van der Waals surface area contributed by atoms with Crippen LogP contribution in [0.1, 0.15) is 40.0 Å². The Labute approximate surface area is 120 Å². The van der Waals surface area contributed by atoms with Crippen LogP contribution < -0.4 is 10.5 Å². The molecule has 6 nitrogen and oxygen atoms in total. The van der Waals surface area contributed by atoms with E-state index in [0.717, 1.165) is 19.3 Å². The number of nitrogens with two attached hydrogens (primary N) is 1. The average Bonchev–Trinajstić information content (AvgIpc) is 2.77. The first-order valence-electron chi connectivity index (χ1n) is 7.20. The molecule has 1 saturated carbocycles. The van der Waals surface area contributed by atoms with E-state index in [9.17, 15) is 8.42 Å². The third-order valence-electron chi connectivity index (χ3n) is 4.38. The second-order valence-electron chi connectivity index (χ2n) is 5.73. The fraction of sp³-hybridized carbons (Fsp3) is 0.769. The standard InChI is InChI=1S/C13H24N4O2S/c1-4-17-8-12(13(14)15-17)20(18,19)16-11-7-5-6-9(2)10(11)3/h8-11,16H,4-7H2,1-3H3,(H2,14,15). The van der Waals surface area contributed by atoms with Gasteiger partial charge < -0.3 is 5.73 Å². The molecule has 3 unspecified atom stereocenters. The Morgan fingerprint density at radius 1 is 1.45 bits per heavy atom. The zero-order valence-electron chi connectivity index (χ0n) is 12.3. The summed E-state index contributed by atoms with van der Waals surface area (Å²) >= 11 is 0. The lowest BCUT2D eigenvalue weighted by atomic mass is 9.78. The Balaban J connectivity index is 2.20. The van der Waals surface area contributed by atoms with Crippen LogP contribution in [0.5, 0.6) is 0 Å². The molecular weight excluding hydrogens is 276 g/mol. The average molecular weight is 300 g/mol. The lowest BCUT2D eigenvalue weighted by Crippen LogP contribution is -2.43. The van der Waals surface area contributed by atoms with Crippen molar-refractivity contribution < 1.29 is 8.42 Å². The number of aryl methyl sites for hydroxylation is 1. The van der Waals surface area contributed by atoms with Crippen molar-refractivity contribution in [2.45, 2.75) is 57.5 Å². The van der Waals surface area contributed by atoms with Crippen LogP contribution in [0, 0.1) is 11.8 Å². The Kier molecular flexibility index (Phi) is 4.39. The summed E-state index contributed by atoms with van der Waals surface area (Å²) in [6.07, 6.45) is 4.60. The highest BCUT2D eigenvalue weighted by Gasteiger charge is 2.32. The van der Waals surface area contributed by atoms with E-state index in [1.807, 2.05) is 6.92 Å². The number of hydrogen-bond acceptors (Lipinski definition) is 4. The van der Waals surface area contributed by atoms with Crippen LogP contribution in [0.4, 0.5) is 5.82 Å². The molecule has 3 atom stereocenters. The smallest absolute Gasteiger partial charge is 0.246 e. The molecule has 1 heterocycles. The molecule has 0 saturated heterocycles. The molecule has 1 aromatic heterocycles. The van der Waals surface area contributed by atoms with Gasteiger partial charge in [-0.1, -0.05) is 26.7 Å². The molecule has 0 aromatic carbocycles. The molecule has 0 aliphatic heterocycles. The zero-order chi connectivity index (χ0) is 14.9. The van der Waals surface area contributed by atoms with E-state index in [0.29, 0.717) is 18.4 Å². The van der Waals surface area contributed by atoms with Gasteiger partial charge in [-0.15, -0.1) is 0 Å². The molecular formula is C13H24N4O2S. The van der Waals surface area contributed by atoms with Gasteiger partial charge in [-0.05, 0) is 25.2 Å². The lowest BCUT2D eigenvalue weighted by Gasteiger charge is -2.34. The first-order chi connectivity index (χ1) is 9.35. The molecule has 0 radical (unpaired) electrons. The fourth-order valence-electron chi connectivity index (χ4n) is 2.80. The van der Waals surface area contributed by atoms with Crippen molar-refractivity contribution in [1.82, 2.24) is 14.5 Å². The van der Waals surface area contributed by atoms with E-state index in [-0.39, 0.29) is 16.8 Å². The molecule has 0 bridgehead atoms. The highest BCUT2D eigenvalue weighted by molar-refractivity contribution is 7.89. The number of hydrogen-bond donors (Lipinski definition) is 2. The minimum Gasteiger partial charge on any atom is -0.381 e. The minimum atomic E-state index is -3.59. The van der Waals surface area contributed by atoms with Gasteiger partial charge in [-0.25, -0.2) is 13.1 Å². The topological polar surface area (TPSA) is 90.0 Å². The molecule has 20 heavy (non-hydrogen) atoms. The summed E-state index contributed by atoms with van der Waals surface area (Å²) in [5.41, 5.74) is 5.72. The van der Waals surface area contributed by atoms with Gasteiger partial charge in [0.25, 0.3) is 0 Å². The third kappa shape index (κ3) is 2.98. The van der Waals surface area contributed by atoms with Gasteiger partial charge in [0.1, 0.15) is 4.90 Å². The monoisotopic (exact) mass is 300 g/mol. The van der Waals surface area contributed by atoms with Crippen LogP contribution in [0.15, 0.2) is 11.1 Å². The van der Waals surface area contributed by atoms with Crippen LogP contribution in [0.2, 0.25) is 0 Å². The number of nitrogens with zero attached hydrogens (tertiary/aromatic N) is 2. The summed E-state index contributed by atoms with van der Waals surface area (Å²) < 4.78 is 29.3. The van der Waals surface area contributed by atoms with Gasteiger partial charge in [0.2, 0.25) is 10.0 Å². The second-order valence-corrected chi connectivity index (χ2v) is 7.41. The summed E-state index contributed by atoms with van der Waals surface area (Å²) in [6, 6.07) is -0.0203. The number of aromatic nitrogens is 2. The summed E-state index contributed by atoms with van der Waals surface area (Å²) in [5.74, 6) is 0.934. The highest BCUT2D eigenvalue weighted by Crippen LogP contribution is 2.30. The number of nitrogen functional groups attached to an aromatic ring is 1. The molecule has 2 rings (SSSR count). The number of anilines is 1. The maximum Gasteiger partial charge on any atom is 0.246 e. The Morgan fingerprint density at radius 3 is 2.75 bits per heavy atom. The van der Waals surface area contributed by atoms with E-state index in [1.165, 1.54) is 10.9 Å². The SMILES string of the molecule is CCn1cc(S(=O)(=O)NC2CCCC(C)C2C)c(N)n1. The van der Waals surface area contributed by atoms with Gasteiger partial charge in [-0.2, -0.15) is 5.10 Å². The van der Waals surface area contributed by atoms with Crippen LogP contribution in [0.25, 0.3) is 0 Å². The van der Waals surface area contributed by atoms with E-state index in [4.69, 9.17) is 5.73 Å². The van der Waals surface area contributed by atoms with Gasteiger partial charge >= 0.3 is 0 Å². The first-order valence-corrected chi connectivity index (χ1v) is 8.68. The normalized spacial score (nSPS) is 27.6. The van der Waals surface area contributed by atoms with Crippen molar-refractivity contribution in [1.29, 1.82) is 0 Å². The van der Waals surface area contributed by atoms with Crippen molar-refractivity contribution >= 4 is 15.8 Å². The largest absolute Gasteiger partial charge is 0.381 e. The van der Waals surface area contributed by atoms with Crippen molar-refractivity contribution in [2.75, 3.05) is 5.73 Å². The summed E-state index contributed by atoms with van der Waals surface area (Å²) in [6.45, 7) is 6.77. The van der Waals surface area contributed by atoms with Crippen molar-refractivity contribution in [3.05, 3.63) is 6.20 Å². The van der Waals surface area contributed by atoms with Crippen molar-refractivity contribution in [3.8, 4) is 0 Å². The van der Waals surface area contributed by atoms with Gasteiger partial charge in [-0.3, -0.25) is 4.68 Å². The summed E-state index contributed by atoms with van der Waals surface area (Å²) in [7, 11) is -3.59. The third-order valence-corrected chi connectivity index (χ3v) is 5.89. The predicted octanol–water partition coefficient (Wildman–Crippen LogP) is 1.59. The molecule has 3 N–H and O–H groups in total. The number of rotatable bonds is 4. The molecule has 0 spiro atoms. The maximum atomic E-state index is 12.5. The molecule has 114 valence electrons. The van der Waals surface area contributed by atoms with E-state index >= 15 is 0 Å². The Morgan fingerprint density at radius 2 is 2.15 bits per heavy atom. The molecule has 1 aromatic rings. The first kappa shape index (κ1) is 15.3. The number of nitrogens with one attached hydrogen (secondary N) is 1. The molecule has 0 amide bonds. The van der Waals surface area contributed by atoms with E-state index in [1.54, 1.807) is 0 Å². The maximum absolute atomic E-state index is 12.5. The second kappa shape index (κ2) is 5.73. The van der Waals surface area contributed by atoms with E-state index < -0.39 is 10.0 Å². The predicted molar refractivity (Wildman–Crippen MR) is 78.6 cm³/mol. The Bertz CT molecular complexity index is 567. The van der Waals surface area contributed by atoms with Gasteiger partial charge in [0.05, 0.1) is 0 Å². The fourth-order valence-corrected chi connectivity index (χ4v) is 4.23. The highest BCUT2D eigenvalue weighted by atomic mass is 32.2. The molecule has 7 heteroatoms. The zero-order valence-corrected chi connectivity index (χ0v) is 13.2. The quantitative estimate of drug-likeness (QED) is 0.883. The van der Waals surface area contributed by atoms with E-state index in [2.05, 4.69) is 23.7 Å². The molecule has 1 aliphatic carbocycles. The summed E-state index contributed by atoms with van der Waals surface area (Å²) in [5, 5.41) is 4.00. The summed E-state index contributed by atoms with van der Waals surface area (Å²) in [4.78, 5) is 0.0878. The van der Waals surface area contributed by atoms with Crippen LogP contribution in [-0.4, -0.2) is 24.2 Å². The molecule has 1 aliphatic rings. The van der Waals surface area contributed by atoms with Crippen molar-refractivity contribution in [3.63, 3.8) is 0 Å². The van der Waals surface area contributed by atoms with Crippen molar-refractivity contribution in [2.24, 2.45) is 11.8 Å². The minimum absolute atomic E-state index is 0.0203. The number of sulfonamides is 1. The molecule has 1 fully saturated rings. The lowest BCUT2D eigenvalue weighted by molar-refractivity contribution is 0.227. The Hall–Kier alpha value is -1.08. The van der Waals surface area contributed by atoms with Crippen LogP contribution >= 0.6 is 0 Å². The van der Waals surface area contributed by atoms with Gasteiger partial charge in [0.15, 0.2) is 5.82 Å². The van der Waals surface area contributed by atoms with Crippen LogP contribution in [-0.2, 0) is 16.6 Å². The van der Waals surface area contributed by atoms with Crippen LogP contribution in [0.3, 0.4) is 0 Å².